The molecule has 0 atom stereocenters. The van der Waals surface area contributed by atoms with Crippen molar-refractivity contribution in [3.63, 3.8) is 0 Å². The summed E-state index contributed by atoms with van der Waals surface area (Å²) < 4.78 is 0.921. The molecule has 0 fully saturated rings. The summed E-state index contributed by atoms with van der Waals surface area (Å²) in [4.78, 5) is 23.7. The summed E-state index contributed by atoms with van der Waals surface area (Å²) in [5, 5.41) is 5.66. The summed E-state index contributed by atoms with van der Waals surface area (Å²) in [6.07, 6.45) is 0.411. The monoisotopic (exact) mass is 360 g/mol. The fourth-order valence-electron chi connectivity index (χ4n) is 1.88. The summed E-state index contributed by atoms with van der Waals surface area (Å²) in [7, 11) is 0. The smallest absolute Gasteiger partial charge is 0.255 e. The van der Waals surface area contributed by atoms with Crippen LogP contribution in [-0.2, 0) is 4.79 Å². The van der Waals surface area contributed by atoms with E-state index < -0.39 is 0 Å². The molecular formula is C17H17BrN2O2. The first-order valence-electron chi connectivity index (χ1n) is 6.97. The Labute approximate surface area is 138 Å². The standard InChI is InChI=1S/C17H17BrN2O2/c1-3-16(21)19-14-9-4-11(2)15(10-14)20-17(22)12-5-7-13(18)8-6-12/h4-10H,3H2,1-2H3,(H,19,21)(H,20,22). The summed E-state index contributed by atoms with van der Waals surface area (Å²) >= 11 is 3.34. The number of hydrogen-bond acceptors (Lipinski definition) is 2. The first-order valence-corrected chi connectivity index (χ1v) is 7.76. The van der Waals surface area contributed by atoms with Gasteiger partial charge in [0.25, 0.3) is 5.91 Å². The molecular weight excluding hydrogens is 344 g/mol. The zero-order valence-corrected chi connectivity index (χ0v) is 14.0. The number of halogens is 1. The van der Waals surface area contributed by atoms with Crippen LogP contribution in [0, 0.1) is 6.92 Å². The maximum atomic E-state index is 12.3. The molecule has 2 aromatic rings. The largest absolute Gasteiger partial charge is 0.326 e. The van der Waals surface area contributed by atoms with Gasteiger partial charge in [0.2, 0.25) is 5.91 Å². The molecule has 0 saturated carbocycles. The van der Waals surface area contributed by atoms with E-state index in [-0.39, 0.29) is 11.8 Å². The minimum atomic E-state index is -0.186. The maximum absolute atomic E-state index is 12.3. The molecule has 2 rings (SSSR count). The highest BCUT2D eigenvalue weighted by molar-refractivity contribution is 9.10. The number of carbonyl (C=O) groups is 2. The van der Waals surface area contributed by atoms with Crippen LogP contribution in [0.5, 0.6) is 0 Å². The van der Waals surface area contributed by atoms with Crippen molar-refractivity contribution < 1.29 is 9.59 Å². The Morgan fingerprint density at radius 3 is 2.36 bits per heavy atom. The maximum Gasteiger partial charge on any atom is 0.255 e. The van der Waals surface area contributed by atoms with Gasteiger partial charge in [-0.25, -0.2) is 0 Å². The summed E-state index contributed by atoms with van der Waals surface area (Å²) in [6.45, 7) is 3.70. The van der Waals surface area contributed by atoms with Gasteiger partial charge in [-0.2, -0.15) is 0 Å². The van der Waals surface area contributed by atoms with E-state index in [9.17, 15) is 9.59 Å². The highest BCUT2D eigenvalue weighted by Gasteiger charge is 2.09. The third kappa shape index (κ3) is 4.18. The Bertz CT molecular complexity index is 696. The molecule has 2 aromatic carbocycles. The van der Waals surface area contributed by atoms with Gasteiger partial charge in [-0.3, -0.25) is 9.59 Å². The van der Waals surface area contributed by atoms with Crippen molar-refractivity contribution in [2.45, 2.75) is 20.3 Å². The minimum absolute atomic E-state index is 0.0611. The zero-order chi connectivity index (χ0) is 16.1. The molecule has 2 N–H and O–H groups in total. The molecule has 0 aliphatic rings. The first-order chi connectivity index (χ1) is 10.5. The second kappa shape index (κ2) is 7.22. The number of rotatable bonds is 4. The number of anilines is 2. The third-order valence-electron chi connectivity index (χ3n) is 3.20. The Hall–Kier alpha value is -2.14. The lowest BCUT2D eigenvalue weighted by atomic mass is 10.1. The molecule has 0 heterocycles. The Morgan fingerprint density at radius 2 is 1.73 bits per heavy atom. The predicted octanol–water partition coefficient (Wildman–Crippen LogP) is 4.36. The van der Waals surface area contributed by atoms with Crippen LogP contribution in [0.15, 0.2) is 46.9 Å². The average Bonchev–Trinajstić information content (AvgIpc) is 2.51. The molecule has 0 aromatic heterocycles. The van der Waals surface area contributed by atoms with Gasteiger partial charge in [-0.15, -0.1) is 0 Å². The van der Waals surface area contributed by atoms with E-state index in [1.807, 2.05) is 31.2 Å². The van der Waals surface area contributed by atoms with E-state index in [4.69, 9.17) is 0 Å². The molecule has 0 bridgehead atoms. The van der Waals surface area contributed by atoms with Gasteiger partial charge in [-0.05, 0) is 48.9 Å². The predicted molar refractivity (Wildman–Crippen MR) is 92.2 cm³/mol. The zero-order valence-electron chi connectivity index (χ0n) is 12.4. The van der Waals surface area contributed by atoms with Crippen molar-refractivity contribution >= 4 is 39.1 Å². The van der Waals surface area contributed by atoms with E-state index in [1.54, 1.807) is 25.1 Å². The second-order valence-electron chi connectivity index (χ2n) is 4.89. The highest BCUT2D eigenvalue weighted by Crippen LogP contribution is 2.21. The van der Waals surface area contributed by atoms with E-state index in [0.29, 0.717) is 23.4 Å². The average molecular weight is 361 g/mol. The normalized spacial score (nSPS) is 10.1. The van der Waals surface area contributed by atoms with Crippen molar-refractivity contribution in [2.75, 3.05) is 10.6 Å². The Balaban J connectivity index is 2.17. The number of nitrogens with one attached hydrogen (secondary N) is 2. The molecule has 5 heteroatoms. The molecule has 0 radical (unpaired) electrons. The molecule has 114 valence electrons. The van der Waals surface area contributed by atoms with Crippen LogP contribution >= 0.6 is 15.9 Å². The molecule has 0 aliphatic heterocycles. The summed E-state index contributed by atoms with van der Waals surface area (Å²) in [5.74, 6) is -0.247. The quantitative estimate of drug-likeness (QED) is 0.850. The molecule has 0 spiro atoms. The van der Waals surface area contributed by atoms with Gasteiger partial charge in [0, 0.05) is 27.8 Å². The molecule has 4 nitrogen and oxygen atoms in total. The van der Waals surface area contributed by atoms with Crippen molar-refractivity contribution in [3.05, 3.63) is 58.1 Å². The molecule has 0 saturated heterocycles. The lowest BCUT2D eigenvalue weighted by Gasteiger charge is -2.11. The van der Waals surface area contributed by atoms with Crippen LogP contribution < -0.4 is 10.6 Å². The lowest BCUT2D eigenvalue weighted by Crippen LogP contribution is -2.14. The van der Waals surface area contributed by atoms with Crippen LogP contribution in [0.1, 0.15) is 29.3 Å². The van der Waals surface area contributed by atoms with Crippen molar-refractivity contribution in [3.8, 4) is 0 Å². The molecule has 0 unspecified atom stereocenters. The van der Waals surface area contributed by atoms with Crippen molar-refractivity contribution in [2.24, 2.45) is 0 Å². The van der Waals surface area contributed by atoms with Crippen LogP contribution in [-0.4, -0.2) is 11.8 Å². The third-order valence-corrected chi connectivity index (χ3v) is 3.73. The number of aryl methyl sites for hydroxylation is 1. The summed E-state index contributed by atoms with van der Waals surface area (Å²) in [6, 6.07) is 12.6. The van der Waals surface area contributed by atoms with Gasteiger partial charge >= 0.3 is 0 Å². The van der Waals surface area contributed by atoms with Crippen LogP contribution in [0.3, 0.4) is 0 Å². The molecule has 2 amide bonds. The van der Waals surface area contributed by atoms with Gasteiger partial charge < -0.3 is 10.6 Å². The highest BCUT2D eigenvalue weighted by atomic mass is 79.9. The molecule has 22 heavy (non-hydrogen) atoms. The van der Waals surface area contributed by atoms with Crippen LogP contribution in [0.2, 0.25) is 0 Å². The van der Waals surface area contributed by atoms with E-state index in [0.717, 1.165) is 10.0 Å². The van der Waals surface area contributed by atoms with Crippen molar-refractivity contribution in [1.29, 1.82) is 0 Å². The first kappa shape index (κ1) is 16.2. The number of carbonyl (C=O) groups excluding carboxylic acids is 2. The lowest BCUT2D eigenvalue weighted by molar-refractivity contribution is -0.115. The van der Waals surface area contributed by atoms with Gasteiger partial charge in [0.15, 0.2) is 0 Å². The van der Waals surface area contributed by atoms with Gasteiger partial charge in [-0.1, -0.05) is 28.9 Å². The fourth-order valence-corrected chi connectivity index (χ4v) is 2.14. The minimum Gasteiger partial charge on any atom is -0.326 e. The Kier molecular flexibility index (Phi) is 5.33. The number of benzene rings is 2. The van der Waals surface area contributed by atoms with E-state index in [2.05, 4.69) is 26.6 Å². The van der Waals surface area contributed by atoms with Crippen molar-refractivity contribution in [1.82, 2.24) is 0 Å². The van der Waals surface area contributed by atoms with Gasteiger partial charge in [0.1, 0.15) is 0 Å². The van der Waals surface area contributed by atoms with Crippen LogP contribution in [0.4, 0.5) is 11.4 Å². The fraction of sp³-hybridized carbons (Fsp3) is 0.176. The SMILES string of the molecule is CCC(=O)Nc1ccc(C)c(NC(=O)c2ccc(Br)cc2)c1. The topological polar surface area (TPSA) is 58.2 Å². The number of amides is 2. The van der Waals surface area contributed by atoms with E-state index in [1.165, 1.54) is 0 Å². The number of hydrogen-bond donors (Lipinski definition) is 2. The van der Waals surface area contributed by atoms with Crippen LogP contribution in [0.25, 0.3) is 0 Å². The second-order valence-corrected chi connectivity index (χ2v) is 5.81. The van der Waals surface area contributed by atoms with E-state index >= 15 is 0 Å². The Morgan fingerprint density at radius 1 is 1.05 bits per heavy atom. The molecule has 0 aliphatic carbocycles. The van der Waals surface area contributed by atoms with Gasteiger partial charge in [0.05, 0.1) is 0 Å². The summed E-state index contributed by atoms with van der Waals surface area (Å²) in [5.41, 5.74) is 2.86.